The van der Waals surface area contributed by atoms with Crippen molar-refractivity contribution in [3.05, 3.63) is 0 Å². The number of hydrogen-bond acceptors (Lipinski definition) is 2. The number of piperidine rings is 1. The standard InChI is InChI=1S/C13H23BrN2O2/c1-3-5-12(17)15-10-6-8-16(9-7-10)13(18)11(14)4-2/h10-11H,3-9H2,1-2H3,(H,15,17). The molecule has 1 rings (SSSR count). The van der Waals surface area contributed by atoms with E-state index in [1.807, 2.05) is 18.7 Å². The zero-order valence-electron chi connectivity index (χ0n) is 11.2. The predicted octanol–water partition coefficient (Wildman–Crippen LogP) is 2.07. The summed E-state index contributed by atoms with van der Waals surface area (Å²) in [5.74, 6) is 0.310. The van der Waals surface area contributed by atoms with Crippen molar-refractivity contribution in [2.45, 2.75) is 56.8 Å². The number of halogens is 1. The number of alkyl halides is 1. The van der Waals surface area contributed by atoms with Crippen molar-refractivity contribution in [3.8, 4) is 0 Å². The summed E-state index contributed by atoms with van der Waals surface area (Å²) in [5, 5.41) is 3.03. The molecule has 5 heteroatoms. The fourth-order valence-electron chi connectivity index (χ4n) is 2.14. The lowest BCUT2D eigenvalue weighted by molar-refractivity contribution is -0.131. The fraction of sp³-hybridized carbons (Fsp3) is 0.846. The van der Waals surface area contributed by atoms with Crippen LogP contribution in [0, 0.1) is 0 Å². The average Bonchev–Trinajstić information content (AvgIpc) is 2.38. The zero-order chi connectivity index (χ0) is 13.5. The maximum absolute atomic E-state index is 12.0. The summed E-state index contributed by atoms with van der Waals surface area (Å²) in [4.78, 5) is 25.3. The third-order valence-electron chi connectivity index (χ3n) is 3.28. The monoisotopic (exact) mass is 318 g/mol. The third kappa shape index (κ3) is 4.59. The molecule has 2 amide bonds. The van der Waals surface area contributed by atoms with E-state index in [0.717, 1.165) is 38.8 Å². The van der Waals surface area contributed by atoms with Crippen molar-refractivity contribution in [1.82, 2.24) is 10.2 Å². The number of carbonyl (C=O) groups is 2. The summed E-state index contributed by atoms with van der Waals surface area (Å²) in [6.07, 6.45) is 4.02. The van der Waals surface area contributed by atoms with Crippen LogP contribution in [0.1, 0.15) is 46.0 Å². The van der Waals surface area contributed by atoms with Crippen molar-refractivity contribution in [2.24, 2.45) is 0 Å². The summed E-state index contributed by atoms with van der Waals surface area (Å²) in [6, 6.07) is 0.239. The Hall–Kier alpha value is -0.580. The van der Waals surface area contributed by atoms with Crippen LogP contribution < -0.4 is 5.32 Å². The Morgan fingerprint density at radius 1 is 1.33 bits per heavy atom. The van der Waals surface area contributed by atoms with Gasteiger partial charge in [0.05, 0.1) is 4.83 Å². The van der Waals surface area contributed by atoms with E-state index in [2.05, 4.69) is 21.2 Å². The van der Waals surface area contributed by atoms with Gasteiger partial charge in [-0.25, -0.2) is 0 Å². The first-order valence-corrected chi connectivity index (χ1v) is 7.72. The minimum atomic E-state index is -0.0660. The number of rotatable bonds is 5. The molecule has 1 heterocycles. The topological polar surface area (TPSA) is 49.4 Å². The Morgan fingerprint density at radius 2 is 1.94 bits per heavy atom. The SMILES string of the molecule is CCCC(=O)NC1CCN(C(=O)C(Br)CC)CC1. The Kier molecular flexibility index (Phi) is 6.68. The van der Waals surface area contributed by atoms with Crippen LogP contribution in [0.3, 0.4) is 0 Å². The summed E-state index contributed by atoms with van der Waals surface area (Å²) >= 11 is 3.39. The Morgan fingerprint density at radius 3 is 2.44 bits per heavy atom. The van der Waals surface area contributed by atoms with Crippen LogP contribution >= 0.6 is 15.9 Å². The van der Waals surface area contributed by atoms with Gasteiger partial charge in [-0.2, -0.15) is 0 Å². The second-order valence-corrected chi connectivity index (χ2v) is 5.90. The molecule has 0 aromatic heterocycles. The summed E-state index contributed by atoms with van der Waals surface area (Å²) < 4.78 is 0. The minimum absolute atomic E-state index is 0.0660. The molecule has 1 aliphatic rings. The molecule has 1 saturated heterocycles. The largest absolute Gasteiger partial charge is 0.353 e. The number of likely N-dealkylation sites (tertiary alicyclic amines) is 1. The average molecular weight is 319 g/mol. The van der Waals surface area contributed by atoms with E-state index in [1.165, 1.54) is 0 Å². The first-order chi connectivity index (χ1) is 8.58. The van der Waals surface area contributed by atoms with Gasteiger partial charge in [0.15, 0.2) is 0 Å². The maximum atomic E-state index is 12.0. The molecule has 0 aromatic rings. The van der Waals surface area contributed by atoms with Gasteiger partial charge in [-0.1, -0.05) is 29.8 Å². The van der Waals surface area contributed by atoms with Gasteiger partial charge >= 0.3 is 0 Å². The summed E-state index contributed by atoms with van der Waals surface area (Å²) in [6.45, 7) is 5.49. The molecule has 1 unspecified atom stereocenters. The van der Waals surface area contributed by atoms with Crippen molar-refractivity contribution in [3.63, 3.8) is 0 Å². The van der Waals surface area contributed by atoms with Gasteiger partial charge in [-0.05, 0) is 25.7 Å². The zero-order valence-corrected chi connectivity index (χ0v) is 12.8. The Balaban J connectivity index is 2.32. The number of amides is 2. The maximum Gasteiger partial charge on any atom is 0.236 e. The molecule has 4 nitrogen and oxygen atoms in total. The quantitative estimate of drug-likeness (QED) is 0.789. The van der Waals surface area contributed by atoms with Crippen LogP contribution in [-0.2, 0) is 9.59 Å². The van der Waals surface area contributed by atoms with E-state index in [0.29, 0.717) is 6.42 Å². The van der Waals surface area contributed by atoms with Crippen molar-refractivity contribution >= 4 is 27.7 Å². The highest BCUT2D eigenvalue weighted by Gasteiger charge is 2.26. The Bertz CT molecular complexity index is 289. The first kappa shape index (κ1) is 15.5. The number of carbonyl (C=O) groups excluding carboxylic acids is 2. The van der Waals surface area contributed by atoms with Gasteiger partial charge in [-0.3, -0.25) is 9.59 Å². The van der Waals surface area contributed by atoms with Gasteiger partial charge in [0.25, 0.3) is 0 Å². The highest BCUT2D eigenvalue weighted by atomic mass is 79.9. The lowest BCUT2D eigenvalue weighted by atomic mass is 10.0. The molecule has 0 radical (unpaired) electrons. The molecular weight excluding hydrogens is 296 g/mol. The molecule has 1 aliphatic heterocycles. The highest BCUT2D eigenvalue weighted by Crippen LogP contribution is 2.15. The third-order valence-corrected chi connectivity index (χ3v) is 4.31. The van der Waals surface area contributed by atoms with Crippen LogP contribution in [0.25, 0.3) is 0 Å². The summed E-state index contributed by atoms with van der Waals surface area (Å²) in [7, 11) is 0. The fourth-order valence-corrected chi connectivity index (χ4v) is 2.43. The molecule has 0 bridgehead atoms. The molecule has 0 spiro atoms. The number of hydrogen-bond donors (Lipinski definition) is 1. The summed E-state index contributed by atoms with van der Waals surface area (Å²) in [5.41, 5.74) is 0. The van der Waals surface area contributed by atoms with Crippen LogP contribution in [0.4, 0.5) is 0 Å². The Labute approximate surface area is 118 Å². The van der Waals surface area contributed by atoms with Crippen molar-refractivity contribution in [1.29, 1.82) is 0 Å². The minimum Gasteiger partial charge on any atom is -0.353 e. The second kappa shape index (κ2) is 7.77. The van der Waals surface area contributed by atoms with Crippen LogP contribution in [0.5, 0.6) is 0 Å². The lowest BCUT2D eigenvalue weighted by Crippen LogP contribution is -2.48. The van der Waals surface area contributed by atoms with Crippen molar-refractivity contribution < 1.29 is 9.59 Å². The van der Waals surface area contributed by atoms with E-state index in [4.69, 9.17) is 0 Å². The normalized spacial score (nSPS) is 18.5. The van der Waals surface area contributed by atoms with Gasteiger partial charge in [0.2, 0.25) is 11.8 Å². The van der Waals surface area contributed by atoms with E-state index >= 15 is 0 Å². The van der Waals surface area contributed by atoms with Gasteiger partial charge < -0.3 is 10.2 Å². The molecule has 104 valence electrons. The molecule has 0 aromatic carbocycles. The first-order valence-electron chi connectivity index (χ1n) is 6.80. The van der Waals surface area contributed by atoms with Gasteiger partial charge in [0, 0.05) is 25.6 Å². The van der Waals surface area contributed by atoms with Crippen LogP contribution in [0.2, 0.25) is 0 Å². The van der Waals surface area contributed by atoms with Gasteiger partial charge in [0.1, 0.15) is 0 Å². The van der Waals surface area contributed by atoms with E-state index < -0.39 is 0 Å². The van der Waals surface area contributed by atoms with E-state index in [1.54, 1.807) is 0 Å². The molecule has 1 fully saturated rings. The van der Waals surface area contributed by atoms with Crippen LogP contribution in [0.15, 0.2) is 0 Å². The molecule has 0 aliphatic carbocycles. The van der Waals surface area contributed by atoms with Crippen LogP contribution in [-0.4, -0.2) is 40.7 Å². The predicted molar refractivity (Wildman–Crippen MR) is 75.7 cm³/mol. The number of nitrogens with zero attached hydrogens (tertiary/aromatic N) is 1. The molecule has 0 saturated carbocycles. The van der Waals surface area contributed by atoms with Gasteiger partial charge in [-0.15, -0.1) is 0 Å². The van der Waals surface area contributed by atoms with Crippen molar-refractivity contribution in [2.75, 3.05) is 13.1 Å². The second-order valence-electron chi connectivity index (χ2n) is 4.79. The molecule has 1 atom stereocenters. The molecular formula is C13H23BrN2O2. The van der Waals surface area contributed by atoms with E-state index in [9.17, 15) is 9.59 Å². The molecule has 18 heavy (non-hydrogen) atoms. The smallest absolute Gasteiger partial charge is 0.236 e. The molecule has 1 N–H and O–H groups in total. The number of nitrogens with one attached hydrogen (secondary N) is 1. The lowest BCUT2D eigenvalue weighted by Gasteiger charge is -2.33. The van der Waals surface area contributed by atoms with E-state index in [-0.39, 0.29) is 22.7 Å². The highest BCUT2D eigenvalue weighted by molar-refractivity contribution is 9.10.